The fourth-order valence-electron chi connectivity index (χ4n) is 2.72. The number of primary amides is 1. The van der Waals surface area contributed by atoms with Crippen LogP contribution in [0.2, 0.25) is 0 Å². The predicted octanol–water partition coefficient (Wildman–Crippen LogP) is 2.44. The second-order valence-electron chi connectivity index (χ2n) is 5.99. The first kappa shape index (κ1) is 17.6. The van der Waals surface area contributed by atoms with Crippen molar-refractivity contribution in [1.82, 2.24) is 20.6 Å². The second kappa shape index (κ2) is 8.75. The molecule has 0 fully saturated rings. The number of aromatic amines is 1. The van der Waals surface area contributed by atoms with E-state index in [4.69, 9.17) is 10.5 Å². The Balaban J connectivity index is 1.58. The smallest absolute Gasteiger partial charge is 0.249 e. The first-order chi connectivity index (χ1) is 12.7. The summed E-state index contributed by atoms with van der Waals surface area (Å²) in [6.07, 6.45) is 3.32. The number of nitrogens with one attached hydrogen (secondary N) is 1. The number of rotatable bonds is 9. The number of nitrogens with zero attached hydrogens (tertiary/aromatic N) is 3. The Bertz CT molecular complexity index is 834. The largest absolute Gasteiger partial charge is 0.489 e. The van der Waals surface area contributed by atoms with E-state index in [1.165, 1.54) is 0 Å². The van der Waals surface area contributed by atoms with Gasteiger partial charge >= 0.3 is 0 Å². The molecule has 0 spiro atoms. The van der Waals surface area contributed by atoms with E-state index in [0.717, 1.165) is 36.8 Å². The van der Waals surface area contributed by atoms with E-state index < -0.39 is 5.91 Å². The zero-order chi connectivity index (χ0) is 18.2. The molecule has 0 unspecified atom stereocenters. The summed E-state index contributed by atoms with van der Waals surface area (Å²) in [5.41, 5.74) is 8.05. The van der Waals surface area contributed by atoms with Crippen LogP contribution < -0.4 is 10.5 Å². The Morgan fingerprint density at radius 1 is 1.08 bits per heavy atom. The lowest BCUT2D eigenvalue weighted by atomic mass is 10.0. The lowest BCUT2D eigenvalue weighted by Gasteiger charge is -2.11. The summed E-state index contributed by atoms with van der Waals surface area (Å²) in [6, 6.07) is 15.4. The van der Waals surface area contributed by atoms with Gasteiger partial charge in [0, 0.05) is 12.0 Å². The minimum absolute atomic E-state index is 0.441. The van der Waals surface area contributed by atoms with Gasteiger partial charge in [0.15, 0.2) is 5.82 Å². The number of H-pyrrole nitrogens is 1. The van der Waals surface area contributed by atoms with Crippen LogP contribution in [0.1, 0.15) is 40.2 Å². The normalized spacial score (nSPS) is 10.6. The molecule has 0 saturated carbocycles. The number of tetrazole rings is 1. The fourth-order valence-corrected chi connectivity index (χ4v) is 2.72. The SMILES string of the molecule is NC(=O)c1cc(OCc2ccccc2)ccc1CCCCc1nn[nH]n1. The molecule has 1 aromatic heterocycles. The number of benzene rings is 2. The van der Waals surface area contributed by atoms with Crippen molar-refractivity contribution in [1.29, 1.82) is 0 Å². The number of hydrogen-bond donors (Lipinski definition) is 2. The van der Waals surface area contributed by atoms with Gasteiger partial charge in [0.2, 0.25) is 5.91 Å². The van der Waals surface area contributed by atoms with Gasteiger partial charge in [-0.05, 0) is 42.5 Å². The molecule has 26 heavy (non-hydrogen) atoms. The molecule has 1 amide bonds. The first-order valence-electron chi connectivity index (χ1n) is 8.54. The van der Waals surface area contributed by atoms with Crippen LogP contribution in [-0.2, 0) is 19.4 Å². The maximum atomic E-state index is 11.8. The molecule has 3 N–H and O–H groups in total. The zero-order valence-electron chi connectivity index (χ0n) is 14.4. The van der Waals surface area contributed by atoms with Crippen molar-refractivity contribution in [3.63, 3.8) is 0 Å². The van der Waals surface area contributed by atoms with Crippen molar-refractivity contribution < 1.29 is 9.53 Å². The number of ether oxygens (including phenoxy) is 1. The van der Waals surface area contributed by atoms with E-state index in [1.807, 2.05) is 42.5 Å². The lowest BCUT2D eigenvalue weighted by molar-refractivity contribution is 0.0999. The molecular weight excluding hydrogens is 330 g/mol. The third-order valence-electron chi connectivity index (χ3n) is 4.08. The molecule has 0 bridgehead atoms. The van der Waals surface area contributed by atoms with Crippen LogP contribution in [0.25, 0.3) is 0 Å². The molecule has 1 heterocycles. The Kier molecular flexibility index (Phi) is 5.92. The highest BCUT2D eigenvalue weighted by molar-refractivity contribution is 5.94. The molecule has 0 aliphatic carbocycles. The average molecular weight is 351 g/mol. The summed E-state index contributed by atoms with van der Waals surface area (Å²) in [7, 11) is 0. The summed E-state index contributed by atoms with van der Waals surface area (Å²) in [5.74, 6) is 0.895. The molecule has 0 aliphatic heterocycles. The third-order valence-corrected chi connectivity index (χ3v) is 4.08. The number of carbonyl (C=O) groups is 1. The molecular formula is C19H21N5O2. The van der Waals surface area contributed by atoms with Gasteiger partial charge in [0.05, 0.1) is 0 Å². The van der Waals surface area contributed by atoms with E-state index in [2.05, 4.69) is 20.6 Å². The van der Waals surface area contributed by atoms with Crippen LogP contribution in [0.15, 0.2) is 48.5 Å². The molecule has 7 nitrogen and oxygen atoms in total. The monoisotopic (exact) mass is 351 g/mol. The summed E-state index contributed by atoms with van der Waals surface area (Å²) >= 11 is 0. The van der Waals surface area contributed by atoms with Gasteiger partial charge in [0.25, 0.3) is 0 Å². The Labute approximate surface area is 151 Å². The second-order valence-corrected chi connectivity index (χ2v) is 5.99. The van der Waals surface area contributed by atoms with E-state index in [9.17, 15) is 4.79 Å². The Morgan fingerprint density at radius 2 is 1.88 bits per heavy atom. The number of aryl methyl sites for hydroxylation is 2. The highest BCUT2D eigenvalue weighted by Crippen LogP contribution is 2.21. The predicted molar refractivity (Wildman–Crippen MR) is 96.6 cm³/mol. The van der Waals surface area contributed by atoms with Crippen LogP contribution in [0.4, 0.5) is 0 Å². The molecule has 0 radical (unpaired) electrons. The average Bonchev–Trinajstić information content (AvgIpc) is 3.18. The molecule has 7 heteroatoms. The van der Waals surface area contributed by atoms with Crippen molar-refractivity contribution in [3.8, 4) is 5.75 Å². The standard InChI is InChI=1S/C19H21N5O2/c20-19(25)17-12-16(26-13-14-6-2-1-3-7-14)11-10-15(17)8-4-5-9-18-21-23-24-22-18/h1-3,6-7,10-12H,4-5,8-9,13H2,(H2,20,25)(H,21,22,23,24). The maximum Gasteiger partial charge on any atom is 0.249 e. The number of amides is 1. The van der Waals surface area contributed by atoms with Gasteiger partial charge in [-0.3, -0.25) is 4.79 Å². The third kappa shape index (κ3) is 4.89. The molecule has 0 atom stereocenters. The highest BCUT2D eigenvalue weighted by Gasteiger charge is 2.10. The van der Waals surface area contributed by atoms with E-state index in [1.54, 1.807) is 6.07 Å². The topological polar surface area (TPSA) is 107 Å². The van der Waals surface area contributed by atoms with Gasteiger partial charge in [-0.15, -0.1) is 10.2 Å². The minimum Gasteiger partial charge on any atom is -0.489 e. The summed E-state index contributed by atoms with van der Waals surface area (Å²) < 4.78 is 5.78. The maximum absolute atomic E-state index is 11.8. The summed E-state index contributed by atoms with van der Waals surface area (Å²) in [6.45, 7) is 0.448. The van der Waals surface area contributed by atoms with Gasteiger partial charge in [-0.25, -0.2) is 0 Å². The quantitative estimate of drug-likeness (QED) is 0.576. The molecule has 3 aromatic rings. The fraction of sp³-hybridized carbons (Fsp3) is 0.263. The number of hydrogen-bond acceptors (Lipinski definition) is 5. The van der Waals surface area contributed by atoms with Crippen LogP contribution in [0, 0.1) is 0 Å². The number of nitrogens with two attached hydrogens (primary N) is 1. The highest BCUT2D eigenvalue weighted by atomic mass is 16.5. The number of unbranched alkanes of at least 4 members (excludes halogenated alkanes) is 1. The minimum atomic E-state index is -0.441. The summed E-state index contributed by atoms with van der Waals surface area (Å²) in [5, 5.41) is 13.8. The van der Waals surface area contributed by atoms with Gasteiger partial charge < -0.3 is 10.5 Å². The number of carbonyl (C=O) groups excluding carboxylic acids is 1. The molecule has 0 saturated heterocycles. The van der Waals surface area contributed by atoms with E-state index in [0.29, 0.717) is 23.7 Å². The molecule has 2 aromatic carbocycles. The zero-order valence-corrected chi connectivity index (χ0v) is 14.4. The summed E-state index contributed by atoms with van der Waals surface area (Å²) in [4.78, 5) is 11.8. The van der Waals surface area contributed by atoms with Crippen LogP contribution in [0.3, 0.4) is 0 Å². The first-order valence-corrected chi connectivity index (χ1v) is 8.54. The van der Waals surface area contributed by atoms with Crippen molar-refractivity contribution in [2.45, 2.75) is 32.3 Å². The van der Waals surface area contributed by atoms with Gasteiger partial charge in [-0.1, -0.05) is 41.6 Å². The van der Waals surface area contributed by atoms with Crippen molar-refractivity contribution in [2.24, 2.45) is 5.73 Å². The van der Waals surface area contributed by atoms with E-state index >= 15 is 0 Å². The molecule has 0 aliphatic rings. The van der Waals surface area contributed by atoms with Gasteiger partial charge in [-0.2, -0.15) is 5.21 Å². The molecule has 3 rings (SSSR count). The van der Waals surface area contributed by atoms with Crippen molar-refractivity contribution in [3.05, 3.63) is 71.0 Å². The van der Waals surface area contributed by atoms with Crippen LogP contribution in [-0.4, -0.2) is 26.5 Å². The van der Waals surface area contributed by atoms with Crippen molar-refractivity contribution in [2.75, 3.05) is 0 Å². The van der Waals surface area contributed by atoms with Gasteiger partial charge in [0.1, 0.15) is 12.4 Å². The van der Waals surface area contributed by atoms with E-state index in [-0.39, 0.29) is 0 Å². The Hall–Kier alpha value is -3.22. The van der Waals surface area contributed by atoms with Crippen LogP contribution >= 0.6 is 0 Å². The molecule has 134 valence electrons. The van der Waals surface area contributed by atoms with Crippen LogP contribution in [0.5, 0.6) is 5.75 Å². The van der Waals surface area contributed by atoms with Crippen molar-refractivity contribution >= 4 is 5.91 Å². The lowest BCUT2D eigenvalue weighted by Crippen LogP contribution is -2.14. The number of aromatic nitrogens is 4. The Morgan fingerprint density at radius 3 is 2.62 bits per heavy atom.